The Morgan fingerprint density at radius 1 is 1.53 bits per heavy atom. The van der Waals surface area contributed by atoms with E-state index in [-0.39, 0.29) is 5.91 Å². The highest BCUT2D eigenvalue weighted by molar-refractivity contribution is 5.97. The average molecular weight is 265 g/mol. The van der Waals surface area contributed by atoms with Crippen molar-refractivity contribution in [2.75, 3.05) is 32.9 Å². The minimum atomic E-state index is -0.0651. The van der Waals surface area contributed by atoms with Crippen LogP contribution in [0.4, 0.5) is 5.69 Å². The van der Waals surface area contributed by atoms with Gasteiger partial charge in [0.05, 0.1) is 11.4 Å². The minimum absolute atomic E-state index is 0.0651. The highest BCUT2D eigenvalue weighted by atomic mass is 16.2. The third-order valence-corrected chi connectivity index (χ3v) is 3.96. The molecular weight excluding hydrogens is 242 g/mol. The lowest BCUT2D eigenvalue weighted by Gasteiger charge is -2.22. The van der Waals surface area contributed by atoms with Gasteiger partial charge in [-0.2, -0.15) is 5.10 Å². The number of aryl methyl sites for hydroxylation is 1. The van der Waals surface area contributed by atoms with Crippen molar-refractivity contribution in [1.29, 1.82) is 0 Å². The quantitative estimate of drug-likeness (QED) is 0.838. The van der Waals surface area contributed by atoms with Crippen molar-refractivity contribution in [3.05, 3.63) is 11.4 Å². The molecule has 1 aromatic rings. The van der Waals surface area contributed by atoms with Gasteiger partial charge in [-0.1, -0.05) is 13.8 Å². The maximum Gasteiger partial charge on any atom is 0.276 e. The summed E-state index contributed by atoms with van der Waals surface area (Å²) in [5, 5.41) is 6.91. The van der Waals surface area contributed by atoms with E-state index in [1.165, 1.54) is 0 Å². The van der Waals surface area contributed by atoms with Crippen LogP contribution >= 0.6 is 0 Å². The maximum atomic E-state index is 12.5. The van der Waals surface area contributed by atoms with E-state index in [4.69, 9.17) is 5.73 Å². The molecule has 19 heavy (non-hydrogen) atoms. The lowest BCUT2D eigenvalue weighted by molar-refractivity contribution is 0.0776. The van der Waals surface area contributed by atoms with Crippen LogP contribution in [-0.4, -0.2) is 59.1 Å². The summed E-state index contributed by atoms with van der Waals surface area (Å²) in [5.41, 5.74) is 7.65. The van der Waals surface area contributed by atoms with Crippen molar-refractivity contribution in [1.82, 2.24) is 20.0 Å². The minimum Gasteiger partial charge on any atom is -0.395 e. The van der Waals surface area contributed by atoms with E-state index in [2.05, 4.69) is 22.0 Å². The smallest absolute Gasteiger partial charge is 0.276 e. The average Bonchev–Trinajstić information content (AvgIpc) is 2.91. The first-order valence-corrected chi connectivity index (χ1v) is 6.74. The van der Waals surface area contributed by atoms with E-state index in [0.717, 1.165) is 25.2 Å². The molecule has 106 valence electrons. The fourth-order valence-electron chi connectivity index (χ4n) is 2.76. The number of nitrogens with two attached hydrogens (primary N) is 1. The van der Waals surface area contributed by atoms with Gasteiger partial charge in [0, 0.05) is 19.1 Å². The van der Waals surface area contributed by atoms with Crippen LogP contribution in [0.25, 0.3) is 0 Å². The van der Waals surface area contributed by atoms with Gasteiger partial charge in [-0.15, -0.1) is 0 Å². The summed E-state index contributed by atoms with van der Waals surface area (Å²) in [6.07, 6.45) is 0.753. The Hall–Kier alpha value is -1.56. The van der Waals surface area contributed by atoms with Crippen molar-refractivity contribution in [2.45, 2.75) is 26.3 Å². The SMILES string of the molecule is CCc1[nH]nc(C(=O)N2CC(C)C(N(C)C)C2)c1N. The summed E-state index contributed by atoms with van der Waals surface area (Å²) in [7, 11) is 4.10. The molecule has 3 N–H and O–H groups in total. The van der Waals surface area contributed by atoms with Crippen LogP contribution in [0.15, 0.2) is 0 Å². The second kappa shape index (κ2) is 5.21. The molecule has 1 fully saturated rings. The monoisotopic (exact) mass is 265 g/mol. The molecule has 1 aliphatic heterocycles. The van der Waals surface area contributed by atoms with Gasteiger partial charge in [-0.05, 0) is 26.4 Å². The largest absolute Gasteiger partial charge is 0.395 e. The summed E-state index contributed by atoms with van der Waals surface area (Å²) in [6.45, 7) is 5.65. The number of hydrogen-bond donors (Lipinski definition) is 2. The van der Waals surface area contributed by atoms with Gasteiger partial charge in [0.15, 0.2) is 5.69 Å². The van der Waals surface area contributed by atoms with Crippen molar-refractivity contribution >= 4 is 11.6 Å². The normalized spacial score (nSPS) is 23.3. The maximum absolute atomic E-state index is 12.5. The van der Waals surface area contributed by atoms with Crippen molar-refractivity contribution in [3.63, 3.8) is 0 Å². The topological polar surface area (TPSA) is 78.2 Å². The van der Waals surface area contributed by atoms with Crippen LogP contribution in [0.2, 0.25) is 0 Å². The molecule has 2 unspecified atom stereocenters. The molecular formula is C13H23N5O. The first kappa shape index (κ1) is 13.9. The molecule has 1 aliphatic rings. The van der Waals surface area contributed by atoms with Crippen LogP contribution in [0.3, 0.4) is 0 Å². The van der Waals surface area contributed by atoms with E-state index in [9.17, 15) is 4.79 Å². The summed E-state index contributed by atoms with van der Waals surface area (Å²) in [6, 6.07) is 0.398. The summed E-state index contributed by atoms with van der Waals surface area (Å²) < 4.78 is 0. The number of nitrogen functional groups attached to an aromatic ring is 1. The molecule has 1 saturated heterocycles. The van der Waals surface area contributed by atoms with E-state index in [1.807, 2.05) is 25.9 Å². The number of aromatic nitrogens is 2. The first-order valence-electron chi connectivity index (χ1n) is 6.74. The molecule has 1 amide bonds. The predicted molar refractivity (Wildman–Crippen MR) is 74.9 cm³/mol. The van der Waals surface area contributed by atoms with Gasteiger partial charge in [0.2, 0.25) is 0 Å². The van der Waals surface area contributed by atoms with E-state index < -0.39 is 0 Å². The number of nitrogens with zero attached hydrogens (tertiary/aromatic N) is 3. The second-order valence-corrected chi connectivity index (χ2v) is 5.54. The van der Waals surface area contributed by atoms with Gasteiger partial charge in [-0.3, -0.25) is 9.89 Å². The molecule has 2 atom stereocenters. The molecule has 6 heteroatoms. The van der Waals surface area contributed by atoms with Gasteiger partial charge in [-0.25, -0.2) is 0 Å². The second-order valence-electron chi connectivity index (χ2n) is 5.54. The van der Waals surface area contributed by atoms with Crippen LogP contribution < -0.4 is 5.73 Å². The molecule has 2 heterocycles. The van der Waals surface area contributed by atoms with E-state index in [0.29, 0.717) is 23.3 Å². The third kappa shape index (κ3) is 2.45. The summed E-state index contributed by atoms with van der Waals surface area (Å²) >= 11 is 0. The number of nitrogens with one attached hydrogen (secondary N) is 1. The number of aromatic amines is 1. The summed E-state index contributed by atoms with van der Waals surface area (Å²) in [5.74, 6) is 0.398. The van der Waals surface area contributed by atoms with Crippen LogP contribution in [0.5, 0.6) is 0 Å². The van der Waals surface area contributed by atoms with Gasteiger partial charge >= 0.3 is 0 Å². The number of anilines is 1. The Morgan fingerprint density at radius 2 is 2.21 bits per heavy atom. The number of carbonyl (C=O) groups is 1. The Bertz CT molecular complexity index is 468. The van der Waals surface area contributed by atoms with Gasteiger partial charge in [0.1, 0.15) is 0 Å². The van der Waals surface area contributed by atoms with Crippen LogP contribution in [-0.2, 0) is 6.42 Å². The number of hydrogen-bond acceptors (Lipinski definition) is 4. The first-order chi connectivity index (χ1) is 8.95. The molecule has 0 aromatic carbocycles. The highest BCUT2D eigenvalue weighted by Crippen LogP contribution is 2.24. The number of likely N-dealkylation sites (N-methyl/N-ethyl adjacent to an activating group) is 1. The Kier molecular flexibility index (Phi) is 3.80. The lowest BCUT2D eigenvalue weighted by atomic mass is 10.1. The zero-order valence-electron chi connectivity index (χ0n) is 12.1. The van der Waals surface area contributed by atoms with Crippen molar-refractivity contribution in [3.8, 4) is 0 Å². The number of likely N-dealkylation sites (tertiary alicyclic amines) is 1. The van der Waals surface area contributed by atoms with Crippen molar-refractivity contribution < 1.29 is 4.79 Å². The third-order valence-electron chi connectivity index (χ3n) is 3.96. The molecule has 0 bridgehead atoms. The van der Waals surface area contributed by atoms with Crippen molar-refractivity contribution in [2.24, 2.45) is 5.92 Å². The highest BCUT2D eigenvalue weighted by Gasteiger charge is 2.35. The Balaban J connectivity index is 2.15. The molecule has 0 radical (unpaired) electrons. The zero-order chi connectivity index (χ0) is 14.2. The zero-order valence-corrected chi connectivity index (χ0v) is 12.1. The van der Waals surface area contributed by atoms with E-state index in [1.54, 1.807) is 0 Å². The van der Waals surface area contributed by atoms with Crippen LogP contribution in [0, 0.1) is 5.92 Å². The molecule has 0 spiro atoms. The Labute approximate surface area is 113 Å². The molecule has 0 saturated carbocycles. The van der Waals surface area contributed by atoms with Crippen LogP contribution in [0.1, 0.15) is 30.0 Å². The summed E-state index contributed by atoms with van der Waals surface area (Å²) in [4.78, 5) is 16.5. The predicted octanol–water partition coefficient (Wildman–Crippen LogP) is 0.576. The number of H-pyrrole nitrogens is 1. The molecule has 2 rings (SSSR count). The number of amides is 1. The number of rotatable bonds is 3. The fourth-order valence-corrected chi connectivity index (χ4v) is 2.76. The van der Waals surface area contributed by atoms with Gasteiger partial charge < -0.3 is 15.5 Å². The van der Waals surface area contributed by atoms with E-state index >= 15 is 0 Å². The fraction of sp³-hybridized carbons (Fsp3) is 0.692. The lowest BCUT2D eigenvalue weighted by Crippen LogP contribution is -2.36. The molecule has 0 aliphatic carbocycles. The number of carbonyl (C=O) groups excluding carboxylic acids is 1. The van der Waals surface area contributed by atoms with Gasteiger partial charge in [0.25, 0.3) is 5.91 Å². The molecule has 6 nitrogen and oxygen atoms in total. The molecule has 1 aromatic heterocycles. The standard InChI is InChI=1S/C13H23N5O/c1-5-9-11(14)12(16-15-9)13(19)18-6-8(2)10(7-18)17(3)4/h8,10H,5-7,14H2,1-4H3,(H,15,16). The Morgan fingerprint density at radius 3 is 2.68 bits per heavy atom.